The Hall–Kier alpha value is -1.65. The maximum atomic E-state index is 10.9. The molecule has 0 atom stereocenters. The zero-order chi connectivity index (χ0) is 14.1. The summed E-state index contributed by atoms with van der Waals surface area (Å²) in [5, 5.41) is 1.25. The van der Waals surface area contributed by atoms with E-state index in [9.17, 15) is 4.79 Å². The van der Waals surface area contributed by atoms with Gasteiger partial charge in [-0.3, -0.25) is 9.69 Å². The van der Waals surface area contributed by atoms with Gasteiger partial charge in [-0.2, -0.15) is 0 Å². The van der Waals surface area contributed by atoms with E-state index >= 15 is 0 Å². The molecule has 106 valence electrons. The molecule has 3 rings (SSSR count). The van der Waals surface area contributed by atoms with E-state index in [1.807, 2.05) is 12.1 Å². The number of benzene rings is 1. The van der Waals surface area contributed by atoms with Gasteiger partial charge in [0, 0.05) is 48.8 Å². The van der Waals surface area contributed by atoms with Crippen LogP contribution in [0.5, 0.6) is 0 Å². The molecule has 0 saturated carbocycles. The van der Waals surface area contributed by atoms with Gasteiger partial charge in [0.05, 0.1) is 13.2 Å². The number of hydrogen-bond acceptors (Lipinski definition) is 3. The highest BCUT2D eigenvalue weighted by Crippen LogP contribution is 2.27. The molecule has 1 aliphatic rings. The monoisotopic (exact) mass is 272 g/mol. The Morgan fingerprint density at radius 2 is 2.05 bits per heavy atom. The van der Waals surface area contributed by atoms with E-state index in [0.29, 0.717) is 0 Å². The van der Waals surface area contributed by atoms with Crippen LogP contribution in [0.25, 0.3) is 10.9 Å². The highest BCUT2D eigenvalue weighted by molar-refractivity contribution is 5.90. The molecule has 2 heterocycles. The Balaban J connectivity index is 2.01. The number of carbonyl (C=O) groups excluding carboxylic acids is 1. The molecule has 0 N–H and O–H groups in total. The number of fused-ring (bicyclic) bond motifs is 1. The quantitative estimate of drug-likeness (QED) is 0.803. The molecular formula is C16H20N2O2. The van der Waals surface area contributed by atoms with Crippen molar-refractivity contribution in [3.05, 3.63) is 35.0 Å². The Bertz CT molecular complexity index is 639. The van der Waals surface area contributed by atoms with Crippen molar-refractivity contribution in [1.29, 1.82) is 0 Å². The van der Waals surface area contributed by atoms with Gasteiger partial charge in [-0.1, -0.05) is 12.1 Å². The van der Waals surface area contributed by atoms with Crippen LogP contribution in [0.1, 0.15) is 21.6 Å². The predicted molar refractivity (Wildman–Crippen MR) is 79.1 cm³/mol. The Morgan fingerprint density at radius 1 is 1.30 bits per heavy atom. The fraction of sp³-hybridized carbons (Fsp3) is 0.438. The van der Waals surface area contributed by atoms with E-state index in [1.165, 1.54) is 16.6 Å². The van der Waals surface area contributed by atoms with Crippen LogP contribution in [-0.2, 0) is 18.3 Å². The number of ether oxygens (including phenoxy) is 1. The van der Waals surface area contributed by atoms with Crippen LogP contribution in [0.15, 0.2) is 18.2 Å². The average Bonchev–Trinajstić information content (AvgIpc) is 2.73. The Labute approximate surface area is 118 Å². The van der Waals surface area contributed by atoms with Crippen LogP contribution in [0, 0.1) is 6.92 Å². The van der Waals surface area contributed by atoms with Crippen molar-refractivity contribution in [2.24, 2.45) is 7.05 Å². The first-order valence-corrected chi connectivity index (χ1v) is 7.04. The summed E-state index contributed by atoms with van der Waals surface area (Å²) in [6.45, 7) is 6.71. The second-order valence-corrected chi connectivity index (χ2v) is 5.41. The third-order valence-electron chi connectivity index (χ3n) is 4.27. The third kappa shape index (κ3) is 2.25. The van der Waals surface area contributed by atoms with Gasteiger partial charge >= 0.3 is 0 Å². The molecule has 1 aromatic carbocycles. The van der Waals surface area contributed by atoms with E-state index in [1.54, 1.807) is 0 Å². The fourth-order valence-electron chi connectivity index (χ4n) is 2.92. The highest BCUT2D eigenvalue weighted by atomic mass is 16.5. The van der Waals surface area contributed by atoms with Crippen LogP contribution in [0.4, 0.5) is 0 Å². The van der Waals surface area contributed by atoms with Gasteiger partial charge in [0.25, 0.3) is 0 Å². The molecule has 4 heteroatoms. The van der Waals surface area contributed by atoms with Crippen molar-refractivity contribution < 1.29 is 9.53 Å². The first-order valence-electron chi connectivity index (χ1n) is 7.04. The minimum absolute atomic E-state index is 0.732. The lowest BCUT2D eigenvalue weighted by atomic mass is 10.1. The molecule has 0 amide bonds. The zero-order valence-corrected chi connectivity index (χ0v) is 12.1. The maximum absolute atomic E-state index is 10.9. The summed E-state index contributed by atoms with van der Waals surface area (Å²) in [5.41, 5.74) is 4.50. The molecule has 0 bridgehead atoms. The number of hydrogen-bond donors (Lipinski definition) is 0. The molecule has 0 aliphatic carbocycles. The topological polar surface area (TPSA) is 34.5 Å². The number of aromatic nitrogens is 1. The lowest BCUT2D eigenvalue weighted by Crippen LogP contribution is -2.35. The van der Waals surface area contributed by atoms with Gasteiger partial charge in [-0.15, -0.1) is 0 Å². The van der Waals surface area contributed by atoms with Crippen LogP contribution in [0.3, 0.4) is 0 Å². The van der Waals surface area contributed by atoms with Crippen molar-refractivity contribution in [1.82, 2.24) is 9.47 Å². The molecule has 0 unspecified atom stereocenters. The summed E-state index contributed by atoms with van der Waals surface area (Å²) >= 11 is 0. The number of carbonyl (C=O) groups is 1. The maximum Gasteiger partial charge on any atom is 0.150 e. The molecule has 1 aromatic heterocycles. The molecule has 20 heavy (non-hydrogen) atoms. The van der Waals surface area contributed by atoms with E-state index in [2.05, 4.69) is 29.5 Å². The largest absolute Gasteiger partial charge is 0.379 e. The summed E-state index contributed by atoms with van der Waals surface area (Å²) in [4.78, 5) is 13.4. The van der Waals surface area contributed by atoms with Crippen molar-refractivity contribution >= 4 is 17.2 Å². The number of nitrogens with zero attached hydrogens (tertiary/aromatic N) is 2. The van der Waals surface area contributed by atoms with Crippen LogP contribution in [0.2, 0.25) is 0 Å². The summed E-state index contributed by atoms with van der Waals surface area (Å²) < 4.78 is 7.58. The lowest BCUT2D eigenvalue weighted by Gasteiger charge is -2.26. The van der Waals surface area contributed by atoms with Crippen molar-refractivity contribution in [2.45, 2.75) is 13.5 Å². The Kier molecular flexibility index (Phi) is 3.59. The smallest absolute Gasteiger partial charge is 0.150 e. The Morgan fingerprint density at radius 3 is 2.75 bits per heavy atom. The van der Waals surface area contributed by atoms with Crippen molar-refractivity contribution in [2.75, 3.05) is 26.3 Å². The first-order chi connectivity index (χ1) is 9.70. The summed E-state index contributed by atoms with van der Waals surface area (Å²) in [7, 11) is 2.06. The predicted octanol–water partition coefficient (Wildman–Crippen LogP) is 2.13. The summed E-state index contributed by atoms with van der Waals surface area (Å²) in [5.74, 6) is 0. The van der Waals surface area contributed by atoms with E-state index in [4.69, 9.17) is 4.74 Å². The van der Waals surface area contributed by atoms with Crippen LogP contribution in [-0.4, -0.2) is 42.1 Å². The minimum atomic E-state index is 0.732. The molecular weight excluding hydrogens is 252 g/mol. The van der Waals surface area contributed by atoms with Gasteiger partial charge in [-0.05, 0) is 18.6 Å². The SMILES string of the molecule is Cc1c(CN2CCOCC2)c2ccc(C=O)cc2n1C. The number of aldehydes is 1. The molecule has 0 radical (unpaired) electrons. The van der Waals surface area contributed by atoms with E-state index in [0.717, 1.165) is 50.2 Å². The second kappa shape index (κ2) is 5.38. The molecule has 1 aliphatic heterocycles. The number of rotatable bonds is 3. The van der Waals surface area contributed by atoms with Gasteiger partial charge in [0.1, 0.15) is 6.29 Å². The standard InChI is InChI=1S/C16H20N2O2/c1-12-15(10-18-5-7-20-8-6-18)14-4-3-13(11-19)9-16(14)17(12)2/h3-4,9,11H,5-8,10H2,1-2H3. The molecule has 1 saturated heterocycles. The number of aryl methyl sites for hydroxylation is 1. The number of morpholine rings is 1. The van der Waals surface area contributed by atoms with Crippen molar-refractivity contribution in [3.8, 4) is 0 Å². The van der Waals surface area contributed by atoms with Gasteiger partial charge < -0.3 is 9.30 Å². The minimum Gasteiger partial charge on any atom is -0.379 e. The van der Waals surface area contributed by atoms with Crippen molar-refractivity contribution in [3.63, 3.8) is 0 Å². The van der Waals surface area contributed by atoms with Crippen LogP contribution < -0.4 is 0 Å². The molecule has 4 nitrogen and oxygen atoms in total. The summed E-state index contributed by atoms with van der Waals surface area (Å²) in [6.07, 6.45) is 0.906. The molecule has 0 spiro atoms. The van der Waals surface area contributed by atoms with Crippen LogP contribution >= 0.6 is 0 Å². The lowest BCUT2D eigenvalue weighted by molar-refractivity contribution is 0.0342. The second-order valence-electron chi connectivity index (χ2n) is 5.41. The van der Waals surface area contributed by atoms with E-state index in [-0.39, 0.29) is 0 Å². The zero-order valence-electron chi connectivity index (χ0n) is 12.1. The highest BCUT2D eigenvalue weighted by Gasteiger charge is 2.17. The average molecular weight is 272 g/mol. The molecule has 2 aromatic rings. The van der Waals surface area contributed by atoms with Gasteiger partial charge in [0.2, 0.25) is 0 Å². The van der Waals surface area contributed by atoms with Gasteiger partial charge in [0.15, 0.2) is 0 Å². The normalized spacial score (nSPS) is 16.7. The third-order valence-corrected chi connectivity index (χ3v) is 4.27. The van der Waals surface area contributed by atoms with E-state index < -0.39 is 0 Å². The first kappa shape index (κ1) is 13.3. The fourth-order valence-corrected chi connectivity index (χ4v) is 2.92. The summed E-state index contributed by atoms with van der Waals surface area (Å²) in [6, 6.07) is 5.94. The van der Waals surface area contributed by atoms with Gasteiger partial charge in [-0.25, -0.2) is 0 Å². The molecule has 1 fully saturated rings.